The van der Waals surface area contributed by atoms with Gasteiger partial charge in [0.25, 0.3) is 0 Å². The molecule has 0 aromatic heterocycles. The first-order chi connectivity index (χ1) is 8.90. The zero-order valence-corrected chi connectivity index (χ0v) is 12.3. The van der Waals surface area contributed by atoms with E-state index < -0.39 is 17.7 Å². The number of rotatable bonds is 3. The lowest BCUT2D eigenvalue weighted by molar-refractivity contribution is -0.140. The molecule has 3 N–H and O–H groups in total. The van der Waals surface area contributed by atoms with Gasteiger partial charge in [0.2, 0.25) is 0 Å². The Kier molecular flexibility index (Phi) is 4.13. The maximum atomic E-state index is 13.5. The molecular formula is C14H17BrFNO2. The lowest BCUT2D eigenvalue weighted by Crippen LogP contribution is -2.21. The molecule has 2 rings (SSSR count). The number of benzene rings is 1. The van der Waals surface area contributed by atoms with Crippen LogP contribution in [0.3, 0.4) is 0 Å². The highest BCUT2D eigenvalue weighted by Gasteiger charge is 2.36. The van der Waals surface area contributed by atoms with E-state index in [0.717, 1.165) is 19.3 Å². The first kappa shape index (κ1) is 14.3. The quantitative estimate of drug-likeness (QED) is 0.829. The summed E-state index contributed by atoms with van der Waals surface area (Å²) in [6, 6.07) is 2.51. The summed E-state index contributed by atoms with van der Waals surface area (Å²) in [5.74, 6) is -1.57. The molecule has 1 fully saturated rings. The maximum absolute atomic E-state index is 13.5. The van der Waals surface area contributed by atoms with Crippen molar-refractivity contribution in [2.75, 3.05) is 5.73 Å². The predicted octanol–water partition coefficient (Wildman–Crippen LogP) is 3.77. The highest BCUT2D eigenvalue weighted by Crippen LogP contribution is 2.43. The Morgan fingerprint density at radius 3 is 2.74 bits per heavy atom. The second-order valence-corrected chi connectivity index (χ2v) is 6.24. The Balaban J connectivity index is 2.42. The van der Waals surface area contributed by atoms with Gasteiger partial charge in [-0.15, -0.1) is 0 Å². The molecule has 0 saturated heterocycles. The van der Waals surface area contributed by atoms with Gasteiger partial charge in [-0.25, -0.2) is 4.39 Å². The number of nitrogen functional groups attached to an aromatic ring is 1. The number of hydrogen-bond acceptors (Lipinski definition) is 2. The van der Waals surface area contributed by atoms with Crippen LogP contribution in [0.15, 0.2) is 16.6 Å². The number of anilines is 1. The average Bonchev–Trinajstić information content (AvgIpc) is 2.71. The van der Waals surface area contributed by atoms with Crippen molar-refractivity contribution < 1.29 is 14.3 Å². The monoisotopic (exact) mass is 329 g/mol. The van der Waals surface area contributed by atoms with Gasteiger partial charge in [-0.05, 0) is 58.3 Å². The number of aliphatic carboxylic acids is 1. The van der Waals surface area contributed by atoms with Gasteiger partial charge >= 0.3 is 5.97 Å². The molecule has 0 aliphatic heterocycles. The van der Waals surface area contributed by atoms with Crippen molar-refractivity contribution in [1.82, 2.24) is 0 Å². The summed E-state index contributed by atoms with van der Waals surface area (Å²) in [5, 5.41) is 9.49. The van der Waals surface area contributed by atoms with E-state index in [0.29, 0.717) is 21.6 Å². The van der Waals surface area contributed by atoms with E-state index >= 15 is 0 Å². The summed E-state index contributed by atoms with van der Waals surface area (Å²) in [7, 11) is 0. The second-order valence-electron chi connectivity index (χ2n) is 5.38. The van der Waals surface area contributed by atoms with E-state index in [1.807, 2.05) is 0 Å². The van der Waals surface area contributed by atoms with Gasteiger partial charge in [-0.1, -0.05) is 13.3 Å². The zero-order chi connectivity index (χ0) is 14.2. The Bertz CT molecular complexity index is 506. The van der Waals surface area contributed by atoms with Gasteiger partial charge in [0.1, 0.15) is 5.82 Å². The molecule has 1 aromatic rings. The molecule has 5 heteroatoms. The third kappa shape index (κ3) is 2.91. The maximum Gasteiger partial charge on any atom is 0.311 e. The van der Waals surface area contributed by atoms with E-state index in [1.165, 1.54) is 12.1 Å². The van der Waals surface area contributed by atoms with E-state index in [-0.39, 0.29) is 5.92 Å². The van der Waals surface area contributed by atoms with Crippen molar-refractivity contribution in [3.05, 3.63) is 28.0 Å². The average molecular weight is 330 g/mol. The van der Waals surface area contributed by atoms with Crippen molar-refractivity contribution in [1.29, 1.82) is 0 Å². The zero-order valence-electron chi connectivity index (χ0n) is 10.7. The smallest absolute Gasteiger partial charge is 0.311 e. The van der Waals surface area contributed by atoms with Crippen LogP contribution < -0.4 is 5.73 Å². The number of nitrogens with two attached hydrogens (primary N) is 1. The summed E-state index contributed by atoms with van der Waals surface area (Å²) < 4.78 is 13.9. The fourth-order valence-electron chi connectivity index (χ4n) is 3.00. The number of carboxylic acid groups (broad SMARTS) is 1. The van der Waals surface area contributed by atoms with Crippen molar-refractivity contribution in [2.45, 2.75) is 32.1 Å². The highest BCUT2D eigenvalue weighted by molar-refractivity contribution is 9.10. The Morgan fingerprint density at radius 2 is 2.21 bits per heavy atom. The first-order valence-corrected chi connectivity index (χ1v) is 7.16. The predicted molar refractivity (Wildman–Crippen MR) is 75.4 cm³/mol. The minimum Gasteiger partial charge on any atom is -0.481 e. The normalized spacial score (nSPS) is 24.4. The molecule has 1 saturated carbocycles. The molecule has 0 radical (unpaired) electrons. The Hall–Kier alpha value is -1.10. The van der Waals surface area contributed by atoms with Gasteiger partial charge in [0.15, 0.2) is 0 Å². The Labute approximate surface area is 120 Å². The van der Waals surface area contributed by atoms with Crippen molar-refractivity contribution in [3.8, 4) is 0 Å². The van der Waals surface area contributed by atoms with Gasteiger partial charge in [-0.2, -0.15) is 0 Å². The van der Waals surface area contributed by atoms with Crippen LogP contribution in [0, 0.1) is 17.7 Å². The van der Waals surface area contributed by atoms with Gasteiger partial charge < -0.3 is 10.8 Å². The molecule has 1 aliphatic carbocycles. The van der Waals surface area contributed by atoms with Crippen molar-refractivity contribution in [2.24, 2.45) is 11.8 Å². The number of carbonyl (C=O) groups is 1. The molecule has 3 atom stereocenters. The minimum atomic E-state index is -0.928. The fourth-order valence-corrected chi connectivity index (χ4v) is 3.45. The second kappa shape index (κ2) is 5.49. The highest BCUT2D eigenvalue weighted by atomic mass is 79.9. The molecule has 0 bridgehead atoms. The molecule has 1 aliphatic rings. The topological polar surface area (TPSA) is 63.3 Å². The number of hydrogen-bond donors (Lipinski definition) is 2. The number of halogens is 2. The molecule has 1 aromatic carbocycles. The lowest BCUT2D eigenvalue weighted by Gasteiger charge is -2.22. The third-order valence-corrected chi connectivity index (χ3v) is 4.59. The van der Waals surface area contributed by atoms with Crippen LogP contribution in [-0.2, 0) is 4.79 Å². The summed E-state index contributed by atoms with van der Waals surface area (Å²) in [6.07, 6.45) is 2.72. The van der Waals surface area contributed by atoms with Crippen molar-refractivity contribution in [3.63, 3.8) is 0 Å². The minimum absolute atomic E-state index is 0.0310. The molecular weight excluding hydrogens is 313 g/mol. The largest absolute Gasteiger partial charge is 0.481 e. The third-order valence-electron chi connectivity index (χ3n) is 3.93. The molecule has 104 valence electrons. The van der Waals surface area contributed by atoms with E-state index in [1.54, 1.807) is 0 Å². The lowest BCUT2D eigenvalue weighted by atomic mass is 9.83. The van der Waals surface area contributed by atoms with Crippen LogP contribution in [0.4, 0.5) is 10.1 Å². The summed E-state index contributed by atoms with van der Waals surface area (Å²) in [5.41, 5.74) is 6.63. The van der Waals surface area contributed by atoms with Crippen LogP contribution in [0.2, 0.25) is 0 Å². The fraction of sp³-hybridized carbons (Fsp3) is 0.500. The van der Waals surface area contributed by atoms with Crippen LogP contribution >= 0.6 is 15.9 Å². The van der Waals surface area contributed by atoms with E-state index in [2.05, 4.69) is 22.9 Å². The van der Waals surface area contributed by atoms with E-state index in [9.17, 15) is 14.3 Å². The molecule has 0 heterocycles. The van der Waals surface area contributed by atoms with Gasteiger partial charge in [-0.3, -0.25) is 4.79 Å². The summed E-state index contributed by atoms with van der Waals surface area (Å²) in [6.45, 7) is 2.11. The molecule has 3 unspecified atom stereocenters. The Morgan fingerprint density at radius 1 is 1.53 bits per heavy atom. The summed E-state index contributed by atoms with van der Waals surface area (Å²) in [4.78, 5) is 11.6. The van der Waals surface area contributed by atoms with Crippen molar-refractivity contribution >= 4 is 27.6 Å². The standard InChI is InChI=1S/C14H17BrFNO2/c1-7-2-3-8(4-7)12(14(18)19)10-5-9(16)6-11(15)13(10)17/h5-8,12H,2-4,17H2,1H3,(H,18,19). The first-order valence-electron chi connectivity index (χ1n) is 6.37. The molecule has 3 nitrogen and oxygen atoms in total. The summed E-state index contributed by atoms with van der Waals surface area (Å²) >= 11 is 3.18. The van der Waals surface area contributed by atoms with Crippen LogP contribution in [-0.4, -0.2) is 11.1 Å². The molecule has 0 amide bonds. The van der Waals surface area contributed by atoms with Gasteiger partial charge in [0, 0.05) is 4.47 Å². The molecule has 0 spiro atoms. The molecule has 19 heavy (non-hydrogen) atoms. The number of carboxylic acids is 1. The van der Waals surface area contributed by atoms with E-state index in [4.69, 9.17) is 5.73 Å². The SMILES string of the molecule is CC1CCC(C(C(=O)O)c2cc(F)cc(Br)c2N)C1. The van der Waals surface area contributed by atoms with Crippen LogP contribution in [0.5, 0.6) is 0 Å². The van der Waals surface area contributed by atoms with Crippen LogP contribution in [0.1, 0.15) is 37.7 Å². The van der Waals surface area contributed by atoms with Crippen LogP contribution in [0.25, 0.3) is 0 Å². The van der Waals surface area contributed by atoms with Gasteiger partial charge in [0.05, 0.1) is 11.6 Å².